The third kappa shape index (κ3) is 3.04. The second kappa shape index (κ2) is 6.29. The quantitative estimate of drug-likeness (QED) is 0.641. The van der Waals surface area contributed by atoms with E-state index in [2.05, 4.69) is 24.3 Å². The van der Waals surface area contributed by atoms with Gasteiger partial charge in [-0.2, -0.15) is 4.31 Å². The number of pyridine rings is 1. The first-order valence-electron chi connectivity index (χ1n) is 7.41. The highest BCUT2D eigenvalue weighted by molar-refractivity contribution is 7.89. The average molecular weight is 312 g/mol. The van der Waals surface area contributed by atoms with Crippen LogP contribution in [0, 0.1) is 5.41 Å². The van der Waals surface area contributed by atoms with Gasteiger partial charge < -0.3 is 5.43 Å². The van der Waals surface area contributed by atoms with Gasteiger partial charge in [0.1, 0.15) is 4.90 Å². The first-order valence-corrected chi connectivity index (χ1v) is 8.85. The van der Waals surface area contributed by atoms with Crippen molar-refractivity contribution in [3.8, 4) is 0 Å². The second-order valence-corrected chi connectivity index (χ2v) is 7.51. The SMILES string of the molecule is CCC1(CC)CCN(S(=O)(=O)c2cccnc2NN)CC1. The predicted molar refractivity (Wildman–Crippen MR) is 83.1 cm³/mol. The van der Waals surface area contributed by atoms with Crippen LogP contribution in [0.2, 0.25) is 0 Å². The summed E-state index contributed by atoms with van der Waals surface area (Å²) in [5.74, 6) is 5.56. The first-order chi connectivity index (χ1) is 9.99. The van der Waals surface area contributed by atoms with Crippen molar-refractivity contribution in [2.75, 3.05) is 18.5 Å². The number of nitrogens with two attached hydrogens (primary N) is 1. The van der Waals surface area contributed by atoms with Crippen LogP contribution in [0.15, 0.2) is 23.2 Å². The summed E-state index contributed by atoms with van der Waals surface area (Å²) in [6.45, 7) is 5.49. The third-order valence-corrected chi connectivity index (χ3v) is 6.74. The molecule has 1 aliphatic rings. The molecule has 2 rings (SSSR count). The Hall–Kier alpha value is -1.18. The molecule has 0 bridgehead atoms. The van der Waals surface area contributed by atoms with Gasteiger partial charge in [-0.3, -0.25) is 0 Å². The molecule has 0 unspecified atom stereocenters. The number of sulfonamides is 1. The van der Waals surface area contributed by atoms with Crippen molar-refractivity contribution in [1.82, 2.24) is 9.29 Å². The summed E-state index contributed by atoms with van der Waals surface area (Å²) in [6, 6.07) is 3.15. The van der Waals surface area contributed by atoms with E-state index in [0.29, 0.717) is 13.1 Å². The molecule has 21 heavy (non-hydrogen) atoms. The molecule has 0 spiro atoms. The number of nitrogens with zero attached hydrogens (tertiary/aromatic N) is 2. The Labute approximate surface area is 126 Å². The Morgan fingerprint density at radius 1 is 1.33 bits per heavy atom. The Morgan fingerprint density at radius 3 is 2.48 bits per heavy atom. The molecule has 0 aliphatic carbocycles. The largest absolute Gasteiger partial charge is 0.307 e. The predicted octanol–water partition coefficient (Wildman–Crippen LogP) is 1.96. The molecule has 0 amide bonds. The van der Waals surface area contributed by atoms with Gasteiger partial charge in [-0.05, 0) is 30.4 Å². The fraction of sp³-hybridized carbons (Fsp3) is 0.643. The van der Waals surface area contributed by atoms with Crippen LogP contribution in [0.1, 0.15) is 39.5 Å². The van der Waals surface area contributed by atoms with Gasteiger partial charge in [0, 0.05) is 19.3 Å². The fourth-order valence-corrected chi connectivity index (χ4v) is 4.55. The van der Waals surface area contributed by atoms with Gasteiger partial charge in [-0.25, -0.2) is 19.2 Å². The standard InChI is InChI=1S/C14H24N4O2S/c1-3-14(4-2)7-10-18(11-8-14)21(19,20)12-6-5-9-16-13(12)17-15/h5-6,9H,3-4,7-8,10-11,15H2,1-2H3,(H,16,17). The number of piperidine rings is 1. The lowest BCUT2D eigenvalue weighted by Crippen LogP contribution is -2.43. The Bertz CT molecular complexity index is 574. The van der Waals surface area contributed by atoms with Gasteiger partial charge in [-0.1, -0.05) is 26.7 Å². The molecule has 2 heterocycles. The van der Waals surface area contributed by atoms with Crippen molar-refractivity contribution < 1.29 is 8.42 Å². The summed E-state index contributed by atoms with van der Waals surface area (Å²) in [6.07, 6.45) is 5.53. The topological polar surface area (TPSA) is 88.3 Å². The number of hydrogen-bond acceptors (Lipinski definition) is 5. The maximum absolute atomic E-state index is 12.7. The number of nitrogens with one attached hydrogen (secondary N) is 1. The van der Waals surface area contributed by atoms with Crippen LogP contribution in [0.5, 0.6) is 0 Å². The van der Waals surface area contributed by atoms with E-state index in [9.17, 15) is 8.42 Å². The first kappa shape index (κ1) is 16.2. The Morgan fingerprint density at radius 2 is 1.95 bits per heavy atom. The number of hydrazine groups is 1. The maximum atomic E-state index is 12.7. The lowest BCUT2D eigenvalue weighted by Gasteiger charge is -2.40. The molecular formula is C14H24N4O2S. The lowest BCUT2D eigenvalue weighted by molar-refractivity contribution is 0.141. The van der Waals surface area contributed by atoms with Crippen molar-refractivity contribution in [3.05, 3.63) is 18.3 Å². The number of anilines is 1. The summed E-state index contributed by atoms with van der Waals surface area (Å²) in [4.78, 5) is 4.12. The van der Waals surface area contributed by atoms with Gasteiger partial charge in [0.15, 0.2) is 5.82 Å². The average Bonchev–Trinajstić information content (AvgIpc) is 2.54. The van der Waals surface area contributed by atoms with E-state index in [1.165, 1.54) is 6.20 Å². The second-order valence-electron chi connectivity index (χ2n) is 5.61. The molecule has 7 heteroatoms. The Balaban J connectivity index is 2.23. The molecule has 3 N–H and O–H groups in total. The zero-order chi connectivity index (χ0) is 15.5. The summed E-state index contributed by atoms with van der Waals surface area (Å²) in [5.41, 5.74) is 2.65. The van der Waals surface area contributed by atoms with Crippen LogP contribution >= 0.6 is 0 Å². The zero-order valence-corrected chi connectivity index (χ0v) is 13.5. The highest BCUT2D eigenvalue weighted by atomic mass is 32.2. The minimum Gasteiger partial charge on any atom is -0.307 e. The molecule has 1 aromatic rings. The smallest absolute Gasteiger partial charge is 0.246 e. The molecule has 0 atom stereocenters. The number of hydrogen-bond donors (Lipinski definition) is 2. The molecule has 1 saturated heterocycles. The molecule has 0 radical (unpaired) electrons. The van der Waals surface area contributed by atoms with Crippen molar-refractivity contribution in [3.63, 3.8) is 0 Å². The monoisotopic (exact) mass is 312 g/mol. The molecule has 6 nitrogen and oxygen atoms in total. The van der Waals surface area contributed by atoms with Gasteiger partial charge in [0.05, 0.1) is 0 Å². The highest BCUT2D eigenvalue weighted by Gasteiger charge is 2.37. The molecular weight excluding hydrogens is 288 g/mol. The molecule has 0 aromatic carbocycles. The van der Waals surface area contributed by atoms with E-state index in [1.807, 2.05) is 0 Å². The van der Waals surface area contributed by atoms with E-state index in [-0.39, 0.29) is 16.1 Å². The zero-order valence-electron chi connectivity index (χ0n) is 12.7. The summed E-state index contributed by atoms with van der Waals surface area (Å²) < 4.78 is 27.0. The van der Waals surface area contributed by atoms with Crippen molar-refractivity contribution in [2.45, 2.75) is 44.4 Å². The highest BCUT2D eigenvalue weighted by Crippen LogP contribution is 2.39. The van der Waals surface area contributed by atoms with E-state index >= 15 is 0 Å². The maximum Gasteiger partial charge on any atom is 0.246 e. The van der Waals surface area contributed by atoms with Crippen LogP contribution in [0.25, 0.3) is 0 Å². The molecule has 1 aliphatic heterocycles. The summed E-state index contributed by atoms with van der Waals surface area (Å²) >= 11 is 0. The fourth-order valence-electron chi connectivity index (χ4n) is 3.00. The van der Waals surface area contributed by atoms with E-state index < -0.39 is 10.0 Å². The van der Waals surface area contributed by atoms with Crippen LogP contribution in [0.4, 0.5) is 5.82 Å². The van der Waals surface area contributed by atoms with Gasteiger partial charge in [0.25, 0.3) is 0 Å². The summed E-state index contributed by atoms with van der Waals surface area (Å²) in [5, 5.41) is 0. The Kier molecular flexibility index (Phi) is 4.85. The molecule has 118 valence electrons. The van der Waals surface area contributed by atoms with Crippen LogP contribution in [-0.2, 0) is 10.0 Å². The number of nitrogen functional groups attached to an aromatic ring is 1. The van der Waals surface area contributed by atoms with E-state index in [4.69, 9.17) is 5.84 Å². The lowest BCUT2D eigenvalue weighted by atomic mass is 9.75. The third-order valence-electron chi connectivity index (χ3n) is 4.81. The van der Waals surface area contributed by atoms with Crippen molar-refractivity contribution in [1.29, 1.82) is 0 Å². The van der Waals surface area contributed by atoms with Gasteiger partial charge in [0.2, 0.25) is 10.0 Å². The minimum atomic E-state index is -3.54. The van der Waals surface area contributed by atoms with Crippen molar-refractivity contribution >= 4 is 15.8 Å². The molecule has 1 fully saturated rings. The summed E-state index contributed by atoms with van der Waals surface area (Å²) in [7, 11) is -3.54. The van der Waals surface area contributed by atoms with Gasteiger partial charge >= 0.3 is 0 Å². The van der Waals surface area contributed by atoms with Crippen LogP contribution in [-0.4, -0.2) is 30.8 Å². The minimum absolute atomic E-state index is 0.146. The van der Waals surface area contributed by atoms with E-state index in [1.54, 1.807) is 16.4 Å². The molecule has 0 saturated carbocycles. The normalized spacial score (nSPS) is 19.4. The van der Waals surface area contributed by atoms with Crippen LogP contribution in [0.3, 0.4) is 0 Å². The van der Waals surface area contributed by atoms with Crippen molar-refractivity contribution in [2.24, 2.45) is 11.3 Å². The number of aromatic nitrogens is 1. The van der Waals surface area contributed by atoms with Gasteiger partial charge in [-0.15, -0.1) is 0 Å². The molecule has 1 aromatic heterocycles. The van der Waals surface area contributed by atoms with Crippen LogP contribution < -0.4 is 11.3 Å². The number of rotatable bonds is 5. The van der Waals surface area contributed by atoms with E-state index in [0.717, 1.165) is 25.7 Å².